The molecule has 0 N–H and O–H groups in total. The zero-order chi connectivity index (χ0) is 20.9. The van der Waals surface area contributed by atoms with Crippen molar-refractivity contribution in [2.24, 2.45) is 0 Å². The van der Waals surface area contributed by atoms with Gasteiger partial charge in [0.05, 0.1) is 23.4 Å². The Hall–Kier alpha value is -1.93. The van der Waals surface area contributed by atoms with Crippen LogP contribution >= 0.6 is 22.9 Å². The molecule has 3 aromatic rings. The molecule has 8 heteroatoms. The van der Waals surface area contributed by atoms with Gasteiger partial charge in [-0.3, -0.25) is 9.36 Å². The third-order valence-corrected chi connectivity index (χ3v) is 6.63. The zero-order valence-electron chi connectivity index (χ0n) is 17.0. The summed E-state index contributed by atoms with van der Waals surface area (Å²) in [7, 11) is 3.92. The van der Waals surface area contributed by atoms with Crippen LogP contribution in [0.5, 0.6) is 0 Å². The van der Waals surface area contributed by atoms with Crippen molar-refractivity contribution in [3.8, 4) is 5.69 Å². The van der Waals surface area contributed by atoms with Gasteiger partial charge in [-0.05, 0) is 46.1 Å². The van der Waals surface area contributed by atoms with Gasteiger partial charge in [-0.1, -0.05) is 17.7 Å². The van der Waals surface area contributed by atoms with Crippen molar-refractivity contribution < 1.29 is 4.74 Å². The first-order valence-corrected chi connectivity index (χ1v) is 10.7. The van der Waals surface area contributed by atoms with E-state index in [0.717, 1.165) is 22.4 Å². The number of ether oxygens (including phenoxy) is 1. The van der Waals surface area contributed by atoms with E-state index in [-0.39, 0.29) is 16.9 Å². The lowest BCUT2D eigenvalue weighted by Crippen LogP contribution is -2.40. The molecule has 0 bridgehead atoms. The van der Waals surface area contributed by atoms with Gasteiger partial charge in [-0.25, -0.2) is 9.36 Å². The molecule has 4 rings (SSSR count). The first-order chi connectivity index (χ1) is 13.7. The van der Waals surface area contributed by atoms with Crippen LogP contribution in [-0.2, 0) is 24.3 Å². The predicted molar refractivity (Wildman–Crippen MR) is 118 cm³/mol. The maximum Gasteiger partial charge on any atom is 0.336 e. The largest absolute Gasteiger partial charge is 0.370 e. The molecule has 0 aliphatic carbocycles. The summed E-state index contributed by atoms with van der Waals surface area (Å²) >= 11 is 7.61. The predicted octanol–water partition coefficient (Wildman–Crippen LogP) is 3.28. The molecule has 2 aromatic heterocycles. The van der Waals surface area contributed by atoms with Crippen LogP contribution in [0, 0.1) is 0 Å². The standard InChI is InChI=1S/C21H24ClN3O3S/c1-21(2)11-16-15(12-28-21)17-18(29-16)19(26)25(14-7-5-6-13(22)10-14)20(27)24(17)9-8-23(3)4/h5-7,10H,8-9,11-12H2,1-4H3. The molecule has 29 heavy (non-hydrogen) atoms. The number of hydrogen-bond donors (Lipinski definition) is 0. The lowest BCUT2D eigenvalue weighted by Gasteiger charge is -2.30. The van der Waals surface area contributed by atoms with E-state index in [9.17, 15) is 9.59 Å². The Labute approximate surface area is 177 Å². The summed E-state index contributed by atoms with van der Waals surface area (Å²) in [4.78, 5) is 30.0. The lowest BCUT2D eigenvalue weighted by atomic mass is 9.98. The first kappa shape index (κ1) is 20.3. The second kappa shape index (κ2) is 7.40. The number of thiophene rings is 1. The minimum absolute atomic E-state index is 0.283. The molecule has 0 spiro atoms. The third-order valence-electron chi connectivity index (χ3n) is 5.18. The number of likely N-dealkylation sites (N-methyl/N-ethyl adjacent to an activating group) is 1. The maximum atomic E-state index is 13.5. The molecule has 0 radical (unpaired) electrons. The summed E-state index contributed by atoms with van der Waals surface area (Å²) in [6.45, 7) is 5.66. The molecule has 6 nitrogen and oxygen atoms in total. The van der Waals surface area contributed by atoms with Crippen LogP contribution in [0.25, 0.3) is 15.9 Å². The normalized spacial score (nSPS) is 15.8. The van der Waals surface area contributed by atoms with Gasteiger partial charge in [-0.2, -0.15) is 0 Å². The second-order valence-electron chi connectivity index (χ2n) is 8.26. The summed E-state index contributed by atoms with van der Waals surface area (Å²) < 4.78 is 9.55. The zero-order valence-corrected chi connectivity index (χ0v) is 18.6. The summed E-state index contributed by atoms with van der Waals surface area (Å²) in [6, 6.07) is 6.85. The number of fused-ring (bicyclic) bond motifs is 3. The molecule has 0 saturated heterocycles. The summed E-state index contributed by atoms with van der Waals surface area (Å²) in [5, 5.41) is 0.481. The van der Waals surface area contributed by atoms with E-state index in [1.807, 2.05) is 32.8 Å². The van der Waals surface area contributed by atoms with Crippen molar-refractivity contribution in [1.82, 2.24) is 14.0 Å². The molecule has 1 aliphatic heterocycles. The molecule has 1 aromatic carbocycles. The van der Waals surface area contributed by atoms with E-state index in [2.05, 4.69) is 0 Å². The molecule has 3 heterocycles. The molecule has 0 amide bonds. The maximum absolute atomic E-state index is 13.5. The van der Waals surface area contributed by atoms with Gasteiger partial charge < -0.3 is 9.64 Å². The topological polar surface area (TPSA) is 56.5 Å². The number of aromatic nitrogens is 2. The van der Waals surface area contributed by atoms with Crippen molar-refractivity contribution in [2.75, 3.05) is 20.6 Å². The van der Waals surface area contributed by atoms with E-state index in [1.165, 1.54) is 15.9 Å². The van der Waals surface area contributed by atoms with Crippen molar-refractivity contribution in [1.29, 1.82) is 0 Å². The molecule has 0 atom stereocenters. The van der Waals surface area contributed by atoms with Crippen molar-refractivity contribution in [3.05, 3.63) is 60.6 Å². The van der Waals surface area contributed by atoms with Crippen molar-refractivity contribution in [2.45, 2.75) is 39.0 Å². The highest BCUT2D eigenvalue weighted by molar-refractivity contribution is 7.19. The SMILES string of the molecule is CN(C)CCn1c(=O)n(-c2cccc(Cl)c2)c(=O)c2sc3c(c21)COC(C)(C)C3. The number of hydrogen-bond acceptors (Lipinski definition) is 5. The molecule has 0 unspecified atom stereocenters. The van der Waals surface area contributed by atoms with E-state index in [0.29, 0.717) is 35.1 Å². The Morgan fingerprint density at radius 2 is 2.03 bits per heavy atom. The number of nitrogens with zero attached hydrogens (tertiary/aromatic N) is 3. The third kappa shape index (κ3) is 3.68. The minimum atomic E-state index is -0.350. The average Bonchev–Trinajstić information content (AvgIpc) is 2.99. The van der Waals surface area contributed by atoms with Crippen molar-refractivity contribution >= 4 is 33.2 Å². The van der Waals surface area contributed by atoms with Gasteiger partial charge in [0.25, 0.3) is 5.56 Å². The van der Waals surface area contributed by atoms with Gasteiger partial charge in [0.2, 0.25) is 0 Å². The van der Waals surface area contributed by atoms with Crippen LogP contribution in [0.1, 0.15) is 24.3 Å². The Kier molecular flexibility index (Phi) is 5.19. The fourth-order valence-corrected chi connectivity index (χ4v) is 5.32. The molecule has 0 fully saturated rings. The second-order valence-corrected chi connectivity index (χ2v) is 9.81. The average molecular weight is 434 g/mol. The molecule has 0 saturated carbocycles. The summed E-state index contributed by atoms with van der Waals surface area (Å²) in [5.74, 6) is 0. The monoisotopic (exact) mass is 433 g/mol. The fourth-order valence-electron chi connectivity index (χ4n) is 3.68. The highest BCUT2D eigenvalue weighted by Gasteiger charge is 2.31. The Bertz CT molecular complexity index is 1210. The van der Waals surface area contributed by atoms with Crippen LogP contribution in [-0.4, -0.2) is 40.3 Å². The van der Waals surface area contributed by atoms with Crippen LogP contribution < -0.4 is 11.2 Å². The van der Waals surface area contributed by atoms with Gasteiger partial charge in [0, 0.05) is 35.0 Å². The summed E-state index contributed by atoms with van der Waals surface area (Å²) in [6.07, 6.45) is 0.722. The van der Waals surface area contributed by atoms with E-state index in [1.54, 1.807) is 28.8 Å². The highest BCUT2D eigenvalue weighted by Crippen LogP contribution is 2.37. The number of benzene rings is 1. The minimum Gasteiger partial charge on any atom is -0.370 e. The van der Waals surface area contributed by atoms with Crippen molar-refractivity contribution in [3.63, 3.8) is 0 Å². The Balaban J connectivity index is 2.04. The van der Waals surface area contributed by atoms with Gasteiger partial charge in [0.1, 0.15) is 4.70 Å². The van der Waals surface area contributed by atoms with Gasteiger partial charge in [0.15, 0.2) is 0 Å². The van der Waals surface area contributed by atoms with Crippen LogP contribution in [0.3, 0.4) is 0 Å². The highest BCUT2D eigenvalue weighted by atomic mass is 35.5. The van der Waals surface area contributed by atoms with Gasteiger partial charge in [-0.15, -0.1) is 11.3 Å². The van der Waals surface area contributed by atoms with Crippen LogP contribution in [0.15, 0.2) is 33.9 Å². The number of halogens is 1. The molecule has 154 valence electrons. The number of rotatable bonds is 4. The fraction of sp³-hybridized carbons (Fsp3) is 0.429. The van der Waals surface area contributed by atoms with Crippen LogP contribution in [0.2, 0.25) is 5.02 Å². The first-order valence-electron chi connectivity index (χ1n) is 9.53. The molecular weight excluding hydrogens is 410 g/mol. The molecule has 1 aliphatic rings. The lowest BCUT2D eigenvalue weighted by molar-refractivity contribution is -0.0384. The van der Waals surface area contributed by atoms with Crippen LogP contribution in [0.4, 0.5) is 0 Å². The van der Waals surface area contributed by atoms with E-state index >= 15 is 0 Å². The Morgan fingerprint density at radius 1 is 1.28 bits per heavy atom. The molecular formula is C21H24ClN3O3S. The van der Waals surface area contributed by atoms with Gasteiger partial charge >= 0.3 is 5.69 Å². The Morgan fingerprint density at radius 3 is 2.72 bits per heavy atom. The van der Waals surface area contributed by atoms with E-state index in [4.69, 9.17) is 16.3 Å². The van der Waals surface area contributed by atoms with E-state index < -0.39 is 0 Å². The smallest absolute Gasteiger partial charge is 0.336 e. The quantitative estimate of drug-likeness (QED) is 0.633. The summed E-state index contributed by atoms with van der Waals surface area (Å²) in [5.41, 5.74) is 1.24.